The second kappa shape index (κ2) is 8.77. The van der Waals surface area contributed by atoms with Crippen LogP contribution in [0.5, 0.6) is 0 Å². The summed E-state index contributed by atoms with van der Waals surface area (Å²) in [6, 6.07) is 9.80. The highest BCUT2D eigenvalue weighted by atomic mass is 19.4. The molecule has 1 amide bonds. The van der Waals surface area contributed by atoms with Crippen LogP contribution in [0.4, 0.5) is 19.0 Å². The first kappa shape index (κ1) is 21.0. The molecule has 2 N–H and O–H groups in total. The van der Waals surface area contributed by atoms with Gasteiger partial charge in [0.2, 0.25) is 5.91 Å². The Morgan fingerprint density at radius 3 is 2.24 bits per heavy atom. The van der Waals surface area contributed by atoms with E-state index in [2.05, 4.69) is 15.1 Å². The van der Waals surface area contributed by atoms with E-state index in [0.29, 0.717) is 38.3 Å². The lowest BCUT2D eigenvalue weighted by molar-refractivity contribution is -0.146. The largest absolute Gasteiger partial charge is 0.395 e. The van der Waals surface area contributed by atoms with Crippen molar-refractivity contribution in [2.45, 2.75) is 32.0 Å². The van der Waals surface area contributed by atoms with Crippen LogP contribution in [0.1, 0.15) is 29.7 Å². The van der Waals surface area contributed by atoms with Crippen LogP contribution in [0.25, 0.3) is 0 Å². The fourth-order valence-corrected chi connectivity index (χ4v) is 3.21. The number of rotatable bonds is 5. The van der Waals surface area contributed by atoms with Crippen molar-refractivity contribution in [1.29, 1.82) is 0 Å². The Morgan fingerprint density at radius 2 is 1.72 bits per heavy atom. The summed E-state index contributed by atoms with van der Waals surface area (Å²) in [4.78, 5) is 16.4. The molecular weight excluding hydrogens is 383 g/mol. The molecule has 0 radical (unpaired) electrons. The third-order valence-corrected chi connectivity index (χ3v) is 5.20. The molecule has 1 atom stereocenters. The summed E-state index contributed by atoms with van der Waals surface area (Å²) in [7, 11) is 0. The van der Waals surface area contributed by atoms with E-state index in [1.807, 2.05) is 12.1 Å². The van der Waals surface area contributed by atoms with Crippen molar-refractivity contribution >= 4 is 11.7 Å². The summed E-state index contributed by atoms with van der Waals surface area (Å²) < 4.78 is 38.4. The highest BCUT2D eigenvalue weighted by Gasteiger charge is 2.36. The first-order valence-electron chi connectivity index (χ1n) is 9.49. The smallest absolute Gasteiger partial charge is 0.352 e. The molecule has 0 spiro atoms. The Bertz CT molecular complexity index is 816. The molecule has 2 heterocycles. The van der Waals surface area contributed by atoms with Crippen LogP contribution in [0, 0.1) is 0 Å². The quantitative estimate of drug-likeness (QED) is 0.824. The molecule has 6 nitrogen and oxygen atoms in total. The van der Waals surface area contributed by atoms with E-state index in [1.165, 1.54) is 12.1 Å². The third kappa shape index (κ3) is 5.23. The van der Waals surface area contributed by atoms with Crippen LogP contribution < -0.4 is 10.6 Å². The Morgan fingerprint density at radius 1 is 1.07 bits per heavy atom. The normalized spacial score (nSPS) is 16.0. The van der Waals surface area contributed by atoms with Crippen LogP contribution >= 0.6 is 0 Å². The van der Waals surface area contributed by atoms with Gasteiger partial charge in [0.1, 0.15) is 0 Å². The van der Waals surface area contributed by atoms with Crippen molar-refractivity contribution < 1.29 is 18.0 Å². The lowest BCUT2D eigenvalue weighted by Gasteiger charge is -2.35. The van der Waals surface area contributed by atoms with E-state index in [1.54, 1.807) is 17.0 Å². The Labute approximate surface area is 167 Å². The summed E-state index contributed by atoms with van der Waals surface area (Å²) in [5.41, 5.74) is 7.15. The lowest BCUT2D eigenvalue weighted by atomic mass is 9.98. The number of hydrogen-bond donors (Lipinski definition) is 1. The Hall–Kier alpha value is -2.68. The molecule has 3 rings (SSSR count). The van der Waals surface area contributed by atoms with E-state index < -0.39 is 12.1 Å². The zero-order valence-corrected chi connectivity index (χ0v) is 16.2. The summed E-state index contributed by atoms with van der Waals surface area (Å²) in [6.07, 6.45) is -4.10. The van der Waals surface area contributed by atoms with Gasteiger partial charge >= 0.3 is 6.18 Å². The standard InChI is InChI=1S/C20H24F3N5O/c1-14(20(21,22)23)16-4-2-15(3-5-16)12-19(29)28-10-8-27(9-11-28)18-7-6-17(13-24)25-26-18/h2-7,14H,8-13,24H2,1H3. The number of benzene rings is 1. The molecule has 0 aliphatic carbocycles. The number of halogens is 3. The van der Waals surface area contributed by atoms with Gasteiger partial charge in [0.25, 0.3) is 0 Å². The van der Waals surface area contributed by atoms with Crippen LogP contribution in [0.2, 0.25) is 0 Å². The van der Waals surface area contributed by atoms with Crippen LogP contribution in [-0.4, -0.2) is 53.4 Å². The zero-order chi connectivity index (χ0) is 21.0. The number of nitrogens with two attached hydrogens (primary N) is 1. The van der Waals surface area contributed by atoms with Gasteiger partial charge in [-0.3, -0.25) is 4.79 Å². The topological polar surface area (TPSA) is 75.4 Å². The average molecular weight is 407 g/mol. The number of carbonyl (C=O) groups excluding carboxylic acids is 1. The van der Waals surface area contributed by atoms with E-state index in [4.69, 9.17) is 5.73 Å². The van der Waals surface area contributed by atoms with Crippen molar-refractivity contribution in [3.05, 3.63) is 53.2 Å². The molecule has 1 aliphatic rings. The van der Waals surface area contributed by atoms with Gasteiger partial charge in [0.15, 0.2) is 5.82 Å². The lowest BCUT2D eigenvalue weighted by Crippen LogP contribution is -2.49. The van der Waals surface area contributed by atoms with Gasteiger partial charge in [-0.15, -0.1) is 5.10 Å². The maximum absolute atomic E-state index is 12.8. The summed E-state index contributed by atoms with van der Waals surface area (Å²) in [6.45, 7) is 3.87. The molecule has 29 heavy (non-hydrogen) atoms. The Kier molecular flexibility index (Phi) is 6.36. The number of nitrogens with zero attached hydrogens (tertiary/aromatic N) is 4. The molecule has 1 aromatic heterocycles. The number of amides is 1. The fourth-order valence-electron chi connectivity index (χ4n) is 3.21. The highest BCUT2D eigenvalue weighted by Crippen LogP contribution is 2.34. The first-order chi connectivity index (χ1) is 13.8. The SMILES string of the molecule is CC(c1ccc(CC(=O)N2CCN(c3ccc(CN)nn3)CC2)cc1)C(F)(F)F. The third-order valence-electron chi connectivity index (χ3n) is 5.20. The Balaban J connectivity index is 1.53. The van der Waals surface area contributed by atoms with Crippen LogP contribution in [0.3, 0.4) is 0 Å². The molecule has 0 bridgehead atoms. The summed E-state index contributed by atoms with van der Waals surface area (Å²) in [5.74, 6) is -0.808. The van der Waals surface area contributed by atoms with Gasteiger partial charge in [-0.2, -0.15) is 18.3 Å². The van der Waals surface area contributed by atoms with Crippen molar-refractivity contribution in [3.63, 3.8) is 0 Å². The van der Waals surface area contributed by atoms with Gasteiger partial charge in [0, 0.05) is 32.7 Å². The first-order valence-corrected chi connectivity index (χ1v) is 9.49. The minimum atomic E-state index is -4.27. The number of hydrogen-bond acceptors (Lipinski definition) is 5. The number of carbonyl (C=O) groups is 1. The van der Waals surface area contributed by atoms with E-state index in [9.17, 15) is 18.0 Å². The average Bonchev–Trinajstić information content (AvgIpc) is 2.73. The highest BCUT2D eigenvalue weighted by molar-refractivity contribution is 5.79. The zero-order valence-electron chi connectivity index (χ0n) is 16.2. The number of aromatic nitrogens is 2. The molecule has 156 valence electrons. The minimum absolute atomic E-state index is 0.0363. The van der Waals surface area contributed by atoms with Crippen LogP contribution in [-0.2, 0) is 17.8 Å². The monoisotopic (exact) mass is 407 g/mol. The molecule has 9 heteroatoms. The molecule has 0 saturated carbocycles. The molecule has 1 aromatic carbocycles. The van der Waals surface area contributed by atoms with Crippen molar-refractivity contribution in [3.8, 4) is 0 Å². The maximum atomic E-state index is 12.8. The van der Waals surface area contributed by atoms with Gasteiger partial charge in [-0.05, 0) is 30.2 Å². The number of piperazine rings is 1. The molecular formula is C20H24F3N5O. The van der Waals surface area contributed by atoms with E-state index in [0.717, 1.165) is 18.4 Å². The van der Waals surface area contributed by atoms with E-state index in [-0.39, 0.29) is 17.9 Å². The van der Waals surface area contributed by atoms with Gasteiger partial charge < -0.3 is 15.5 Å². The number of anilines is 1. The number of alkyl halides is 3. The second-order valence-electron chi connectivity index (χ2n) is 7.14. The summed E-state index contributed by atoms with van der Waals surface area (Å²) in [5, 5.41) is 8.21. The van der Waals surface area contributed by atoms with Crippen molar-refractivity contribution in [1.82, 2.24) is 15.1 Å². The molecule has 1 saturated heterocycles. The molecule has 1 unspecified atom stereocenters. The second-order valence-corrected chi connectivity index (χ2v) is 7.14. The predicted molar refractivity (Wildman–Crippen MR) is 103 cm³/mol. The predicted octanol–water partition coefficient (Wildman–Crippen LogP) is 2.49. The van der Waals surface area contributed by atoms with Crippen molar-refractivity contribution in [2.75, 3.05) is 31.1 Å². The van der Waals surface area contributed by atoms with Gasteiger partial charge in [-0.1, -0.05) is 24.3 Å². The maximum Gasteiger partial charge on any atom is 0.395 e. The van der Waals surface area contributed by atoms with Crippen LogP contribution in [0.15, 0.2) is 36.4 Å². The van der Waals surface area contributed by atoms with Gasteiger partial charge in [-0.25, -0.2) is 0 Å². The minimum Gasteiger partial charge on any atom is -0.352 e. The summed E-state index contributed by atoms with van der Waals surface area (Å²) >= 11 is 0. The molecule has 1 fully saturated rings. The van der Waals surface area contributed by atoms with E-state index >= 15 is 0 Å². The van der Waals surface area contributed by atoms with Gasteiger partial charge in [0.05, 0.1) is 18.0 Å². The molecule has 2 aromatic rings. The fraction of sp³-hybridized carbons (Fsp3) is 0.450. The van der Waals surface area contributed by atoms with Crippen molar-refractivity contribution in [2.24, 2.45) is 5.73 Å². The molecule has 1 aliphatic heterocycles.